The van der Waals surface area contributed by atoms with Crippen molar-refractivity contribution in [3.8, 4) is 0 Å². The fourth-order valence-corrected chi connectivity index (χ4v) is 3.62. The predicted octanol–water partition coefficient (Wildman–Crippen LogP) is -0.557. The maximum atomic E-state index is 11.4. The highest BCUT2D eigenvalue weighted by Crippen LogP contribution is 2.23. The van der Waals surface area contributed by atoms with E-state index >= 15 is 0 Å². The molecular weight excluding hydrogens is 226 g/mol. The van der Waals surface area contributed by atoms with Crippen LogP contribution in [0.5, 0.6) is 0 Å². The maximum absolute atomic E-state index is 11.4. The van der Waals surface area contributed by atoms with Gasteiger partial charge in [-0.25, -0.2) is 8.42 Å². The molecule has 0 bridgehead atoms. The lowest BCUT2D eigenvalue weighted by atomic mass is 10.1. The largest absolute Gasteiger partial charge is 0.326 e. The Morgan fingerprint density at radius 2 is 1.75 bits per heavy atom. The second-order valence-corrected chi connectivity index (χ2v) is 6.84. The van der Waals surface area contributed by atoms with E-state index < -0.39 is 10.0 Å². The van der Waals surface area contributed by atoms with Crippen LogP contribution in [0.25, 0.3) is 0 Å². The van der Waals surface area contributed by atoms with Gasteiger partial charge in [-0.15, -0.1) is 0 Å². The summed E-state index contributed by atoms with van der Waals surface area (Å²) >= 11 is 0. The van der Waals surface area contributed by atoms with Gasteiger partial charge in [-0.1, -0.05) is 6.42 Å². The molecule has 1 heterocycles. The van der Waals surface area contributed by atoms with E-state index in [1.165, 1.54) is 19.1 Å². The zero-order chi connectivity index (χ0) is 11.8. The molecule has 6 heteroatoms. The van der Waals surface area contributed by atoms with Crippen molar-refractivity contribution in [1.29, 1.82) is 0 Å². The lowest BCUT2D eigenvalue weighted by molar-refractivity contribution is 0.130. The summed E-state index contributed by atoms with van der Waals surface area (Å²) in [6, 6.07) is 0.756. The minimum Gasteiger partial charge on any atom is -0.326 e. The van der Waals surface area contributed by atoms with Crippen LogP contribution in [0.1, 0.15) is 19.3 Å². The monoisotopic (exact) mass is 247 g/mol. The van der Waals surface area contributed by atoms with Crippen LogP contribution in [0.3, 0.4) is 0 Å². The van der Waals surface area contributed by atoms with Crippen molar-refractivity contribution in [1.82, 2.24) is 9.21 Å². The SMILES string of the molecule is CS(=O)(=O)N1CCN(C2CCCC2N)CC1. The Labute approximate surface area is 97.6 Å². The van der Waals surface area contributed by atoms with Gasteiger partial charge in [0.15, 0.2) is 0 Å². The Bertz CT molecular complexity index is 336. The molecule has 2 rings (SSSR count). The Morgan fingerprint density at radius 1 is 1.12 bits per heavy atom. The first-order chi connectivity index (χ1) is 7.48. The molecule has 0 aromatic rings. The molecule has 1 aliphatic carbocycles. The second-order valence-electron chi connectivity index (χ2n) is 4.86. The van der Waals surface area contributed by atoms with Crippen LogP contribution in [-0.2, 0) is 10.0 Å². The van der Waals surface area contributed by atoms with Gasteiger partial charge in [0.25, 0.3) is 0 Å². The highest BCUT2D eigenvalue weighted by Gasteiger charge is 2.33. The third-order valence-corrected chi connectivity index (χ3v) is 5.05. The van der Waals surface area contributed by atoms with Crippen LogP contribution in [0.15, 0.2) is 0 Å². The van der Waals surface area contributed by atoms with Crippen molar-refractivity contribution in [2.75, 3.05) is 32.4 Å². The number of rotatable bonds is 2. The summed E-state index contributed by atoms with van der Waals surface area (Å²) in [4.78, 5) is 2.36. The van der Waals surface area contributed by atoms with Crippen LogP contribution < -0.4 is 5.73 Å². The Balaban J connectivity index is 1.90. The molecule has 2 unspecified atom stereocenters. The third-order valence-electron chi connectivity index (χ3n) is 3.74. The van der Waals surface area contributed by atoms with Crippen molar-refractivity contribution in [2.24, 2.45) is 5.73 Å². The van der Waals surface area contributed by atoms with Gasteiger partial charge in [0.2, 0.25) is 10.0 Å². The smallest absolute Gasteiger partial charge is 0.211 e. The van der Waals surface area contributed by atoms with E-state index in [2.05, 4.69) is 4.90 Å². The van der Waals surface area contributed by atoms with Crippen molar-refractivity contribution >= 4 is 10.0 Å². The minimum atomic E-state index is -3.01. The van der Waals surface area contributed by atoms with Crippen LogP contribution >= 0.6 is 0 Å². The van der Waals surface area contributed by atoms with E-state index in [-0.39, 0.29) is 6.04 Å². The fraction of sp³-hybridized carbons (Fsp3) is 1.00. The van der Waals surface area contributed by atoms with Gasteiger partial charge in [-0.3, -0.25) is 4.90 Å². The van der Waals surface area contributed by atoms with Gasteiger partial charge in [0.1, 0.15) is 0 Å². The Kier molecular flexibility index (Phi) is 3.53. The van der Waals surface area contributed by atoms with Gasteiger partial charge in [0.05, 0.1) is 6.26 Å². The Hall–Kier alpha value is -0.170. The quantitative estimate of drug-likeness (QED) is 0.710. The van der Waals surface area contributed by atoms with Crippen LogP contribution in [0.2, 0.25) is 0 Å². The van der Waals surface area contributed by atoms with Gasteiger partial charge < -0.3 is 5.73 Å². The number of sulfonamides is 1. The summed E-state index contributed by atoms with van der Waals surface area (Å²) < 4.78 is 24.3. The van der Waals surface area contributed by atoms with Gasteiger partial charge in [-0.05, 0) is 12.8 Å². The first-order valence-corrected chi connectivity index (χ1v) is 7.78. The molecule has 5 nitrogen and oxygen atoms in total. The summed E-state index contributed by atoms with van der Waals surface area (Å²) in [6.45, 7) is 2.88. The summed E-state index contributed by atoms with van der Waals surface area (Å²) in [5.74, 6) is 0. The summed E-state index contributed by atoms with van der Waals surface area (Å²) in [6.07, 6.45) is 4.76. The molecule has 1 aliphatic heterocycles. The molecular formula is C10H21N3O2S. The predicted molar refractivity (Wildman–Crippen MR) is 63.6 cm³/mol. The normalized spacial score (nSPS) is 34.4. The zero-order valence-corrected chi connectivity index (χ0v) is 10.6. The van der Waals surface area contributed by atoms with E-state index in [0.717, 1.165) is 19.5 Å². The molecule has 1 saturated heterocycles. The fourth-order valence-electron chi connectivity index (χ4n) is 2.79. The molecule has 94 valence electrons. The summed E-state index contributed by atoms with van der Waals surface area (Å²) in [7, 11) is -3.01. The van der Waals surface area contributed by atoms with Crippen molar-refractivity contribution in [2.45, 2.75) is 31.3 Å². The second kappa shape index (κ2) is 4.60. The molecule has 0 radical (unpaired) electrons. The van der Waals surface area contributed by atoms with Crippen LogP contribution in [0.4, 0.5) is 0 Å². The Morgan fingerprint density at radius 3 is 2.19 bits per heavy atom. The molecule has 1 saturated carbocycles. The highest BCUT2D eigenvalue weighted by molar-refractivity contribution is 7.88. The minimum absolute atomic E-state index is 0.282. The highest BCUT2D eigenvalue weighted by atomic mass is 32.2. The van der Waals surface area contributed by atoms with E-state index in [9.17, 15) is 8.42 Å². The lowest BCUT2D eigenvalue weighted by Crippen LogP contribution is -2.54. The molecule has 16 heavy (non-hydrogen) atoms. The van der Waals surface area contributed by atoms with Gasteiger partial charge in [0, 0.05) is 38.3 Å². The molecule has 0 amide bonds. The molecule has 2 fully saturated rings. The zero-order valence-electron chi connectivity index (χ0n) is 9.80. The van der Waals surface area contributed by atoms with E-state index in [1.54, 1.807) is 4.31 Å². The molecule has 0 aromatic heterocycles. The van der Waals surface area contributed by atoms with E-state index in [4.69, 9.17) is 5.73 Å². The van der Waals surface area contributed by atoms with Crippen molar-refractivity contribution < 1.29 is 8.42 Å². The van der Waals surface area contributed by atoms with E-state index in [0.29, 0.717) is 19.1 Å². The van der Waals surface area contributed by atoms with Gasteiger partial charge >= 0.3 is 0 Å². The topological polar surface area (TPSA) is 66.6 Å². The molecule has 2 atom stereocenters. The third kappa shape index (κ3) is 2.56. The number of nitrogens with zero attached hydrogens (tertiary/aromatic N) is 2. The number of hydrogen-bond acceptors (Lipinski definition) is 4. The molecule has 2 aliphatic rings. The number of hydrogen-bond donors (Lipinski definition) is 1. The lowest BCUT2D eigenvalue weighted by Gasteiger charge is -2.38. The molecule has 0 aromatic carbocycles. The van der Waals surface area contributed by atoms with Crippen molar-refractivity contribution in [3.63, 3.8) is 0 Å². The van der Waals surface area contributed by atoms with E-state index in [1.807, 2.05) is 0 Å². The molecule has 2 N–H and O–H groups in total. The van der Waals surface area contributed by atoms with Crippen LogP contribution in [-0.4, -0.2) is 62.1 Å². The van der Waals surface area contributed by atoms with Gasteiger partial charge in [-0.2, -0.15) is 4.31 Å². The maximum Gasteiger partial charge on any atom is 0.211 e. The molecule has 0 spiro atoms. The first kappa shape index (κ1) is 12.3. The average molecular weight is 247 g/mol. The van der Waals surface area contributed by atoms with Crippen LogP contribution in [0, 0.1) is 0 Å². The number of nitrogens with two attached hydrogens (primary N) is 1. The number of piperazine rings is 1. The summed E-state index contributed by atoms with van der Waals surface area (Å²) in [5, 5.41) is 0. The summed E-state index contributed by atoms with van der Waals surface area (Å²) in [5.41, 5.74) is 6.06. The van der Waals surface area contributed by atoms with Crippen molar-refractivity contribution in [3.05, 3.63) is 0 Å². The average Bonchev–Trinajstić information content (AvgIpc) is 2.63. The standard InChI is InChI=1S/C10H21N3O2S/c1-16(14,15)13-7-5-12(6-8-13)10-4-2-3-9(10)11/h9-10H,2-8,11H2,1H3. The first-order valence-electron chi connectivity index (χ1n) is 5.93.